The fourth-order valence-electron chi connectivity index (χ4n) is 1.57. The van der Waals surface area contributed by atoms with Gasteiger partial charge in [0.1, 0.15) is 0 Å². The number of hydrogen-bond donors (Lipinski definition) is 0. The van der Waals surface area contributed by atoms with Gasteiger partial charge >= 0.3 is 11.9 Å². The largest absolute Gasteiger partial charge is 0.465 e. The van der Waals surface area contributed by atoms with Crippen molar-refractivity contribution in [2.75, 3.05) is 13.2 Å². The highest BCUT2D eigenvalue weighted by atomic mass is 16.6. The van der Waals surface area contributed by atoms with Crippen LogP contribution in [0.25, 0.3) is 0 Å². The highest BCUT2D eigenvalue weighted by Crippen LogP contribution is 2.27. The predicted octanol–water partition coefficient (Wildman–Crippen LogP) is 2.23. The van der Waals surface area contributed by atoms with Gasteiger partial charge in [-0.3, -0.25) is 14.6 Å². The van der Waals surface area contributed by atoms with Crippen LogP contribution in [0.2, 0.25) is 0 Å². The maximum atomic E-state index is 12.0. The SMILES string of the molecule is CCOC(=O)C(C(=O)OCC)C(C)(C)C=NC(C)C. The van der Waals surface area contributed by atoms with Crippen LogP contribution in [0.3, 0.4) is 0 Å². The summed E-state index contributed by atoms with van der Waals surface area (Å²) in [5.41, 5.74) is -0.747. The van der Waals surface area contributed by atoms with E-state index in [1.54, 1.807) is 33.9 Å². The number of rotatable bonds is 7. The highest BCUT2D eigenvalue weighted by molar-refractivity contribution is 5.99. The van der Waals surface area contributed by atoms with Crippen molar-refractivity contribution in [3.8, 4) is 0 Å². The van der Waals surface area contributed by atoms with Crippen molar-refractivity contribution >= 4 is 18.2 Å². The van der Waals surface area contributed by atoms with E-state index in [1.807, 2.05) is 13.8 Å². The quantitative estimate of drug-likeness (QED) is 0.404. The van der Waals surface area contributed by atoms with Gasteiger partial charge in [0.05, 0.1) is 13.2 Å². The second-order valence-electron chi connectivity index (χ2n) is 5.13. The molecular formula is C14H25NO4. The average Bonchev–Trinajstić information content (AvgIpc) is 2.27. The first kappa shape index (κ1) is 17.6. The van der Waals surface area contributed by atoms with Gasteiger partial charge in [0.15, 0.2) is 5.92 Å². The Morgan fingerprint density at radius 2 is 1.53 bits per heavy atom. The van der Waals surface area contributed by atoms with Gasteiger partial charge in [-0.05, 0) is 27.7 Å². The summed E-state index contributed by atoms with van der Waals surface area (Å²) in [5, 5.41) is 0. The number of carbonyl (C=O) groups is 2. The third-order valence-electron chi connectivity index (χ3n) is 2.49. The molecule has 0 rings (SSSR count). The number of hydrogen-bond acceptors (Lipinski definition) is 5. The van der Waals surface area contributed by atoms with Crippen molar-refractivity contribution in [2.45, 2.75) is 47.6 Å². The number of ether oxygens (including phenoxy) is 2. The Bertz CT molecular complexity index is 316. The molecule has 19 heavy (non-hydrogen) atoms. The van der Waals surface area contributed by atoms with E-state index in [2.05, 4.69) is 4.99 Å². The molecular weight excluding hydrogens is 246 g/mol. The van der Waals surface area contributed by atoms with E-state index < -0.39 is 23.3 Å². The monoisotopic (exact) mass is 271 g/mol. The maximum absolute atomic E-state index is 12.0. The summed E-state index contributed by atoms with van der Waals surface area (Å²) in [6, 6.07) is 0.101. The summed E-state index contributed by atoms with van der Waals surface area (Å²) in [6.07, 6.45) is 1.64. The molecule has 110 valence electrons. The van der Waals surface area contributed by atoms with Crippen molar-refractivity contribution < 1.29 is 19.1 Å². The first-order valence-electron chi connectivity index (χ1n) is 6.63. The van der Waals surface area contributed by atoms with Crippen LogP contribution < -0.4 is 0 Å². The van der Waals surface area contributed by atoms with Crippen molar-refractivity contribution in [1.82, 2.24) is 0 Å². The van der Waals surface area contributed by atoms with Gasteiger partial charge in [0.25, 0.3) is 0 Å². The van der Waals surface area contributed by atoms with Crippen molar-refractivity contribution in [1.29, 1.82) is 0 Å². The molecule has 0 radical (unpaired) electrons. The van der Waals surface area contributed by atoms with E-state index in [4.69, 9.17) is 9.47 Å². The van der Waals surface area contributed by atoms with Crippen LogP contribution in [0, 0.1) is 11.3 Å². The molecule has 0 unspecified atom stereocenters. The molecule has 0 aromatic rings. The lowest BCUT2D eigenvalue weighted by Gasteiger charge is -2.27. The van der Waals surface area contributed by atoms with E-state index in [1.165, 1.54) is 0 Å². The first-order valence-corrected chi connectivity index (χ1v) is 6.63. The molecule has 0 aliphatic carbocycles. The third-order valence-corrected chi connectivity index (χ3v) is 2.49. The van der Waals surface area contributed by atoms with Crippen LogP contribution in [0.15, 0.2) is 4.99 Å². The highest BCUT2D eigenvalue weighted by Gasteiger charge is 2.42. The lowest BCUT2D eigenvalue weighted by molar-refractivity contribution is -0.165. The second-order valence-corrected chi connectivity index (χ2v) is 5.13. The average molecular weight is 271 g/mol. The molecule has 0 aliphatic rings. The van der Waals surface area contributed by atoms with Gasteiger partial charge in [0, 0.05) is 17.7 Å². The molecule has 0 N–H and O–H groups in total. The minimum atomic E-state index is -0.991. The summed E-state index contributed by atoms with van der Waals surface area (Å²) in [4.78, 5) is 28.2. The molecule has 0 amide bonds. The molecule has 0 heterocycles. The van der Waals surface area contributed by atoms with Crippen LogP contribution in [0.4, 0.5) is 0 Å². The van der Waals surface area contributed by atoms with Gasteiger partial charge in [-0.2, -0.15) is 0 Å². The van der Waals surface area contributed by atoms with Crippen LogP contribution in [0.5, 0.6) is 0 Å². The van der Waals surface area contributed by atoms with Gasteiger partial charge in [-0.25, -0.2) is 0 Å². The molecule has 0 aliphatic heterocycles. The summed E-state index contributed by atoms with van der Waals surface area (Å²) in [6.45, 7) is 11.3. The fourth-order valence-corrected chi connectivity index (χ4v) is 1.57. The van der Waals surface area contributed by atoms with Gasteiger partial charge in [-0.15, -0.1) is 0 Å². The number of esters is 2. The van der Waals surface area contributed by atoms with Crippen molar-refractivity contribution in [3.63, 3.8) is 0 Å². The lowest BCUT2D eigenvalue weighted by atomic mass is 9.79. The standard InChI is InChI=1S/C14H25NO4/c1-7-18-12(16)11(13(17)19-8-2)14(5,6)9-15-10(3)4/h9-11H,7-8H2,1-6H3. The molecule has 5 nitrogen and oxygen atoms in total. The number of nitrogens with zero attached hydrogens (tertiary/aromatic N) is 1. The van der Waals surface area contributed by atoms with Gasteiger partial charge < -0.3 is 9.47 Å². The van der Waals surface area contributed by atoms with E-state index in [0.717, 1.165) is 0 Å². The summed E-state index contributed by atoms with van der Waals surface area (Å²) in [7, 11) is 0. The number of carbonyl (C=O) groups excluding carboxylic acids is 2. The molecule has 0 spiro atoms. The van der Waals surface area contributed by atoms with Crippen molar-refractivity contribution in [2.24, 2.45) is 16.3 Å². The summed E-state index contributed by atoms with van der Waals surface area (Å²) >= 11 is 0. The Kier molecular flexibility index (Phi) is 7.34. The lowest BCUT2D eigenvalue weighted by Crippen LogP contribution is -2.41. The smallest absolute Gasteiger partial charge is 0.321 e. The summed E-state index contributed by atoms with van der Waals surface area (Å²) < 4.78 is 9.93. The Morgan fingerprint density at radius 1 is 1.11 bits per heavy atom. The molecule has 0 atom stereocenters. The Morgan fingerprint density at radius 3 is 1.84 bits per heavy atom. The summed E-state index contributed by atoms with van der Waals surface area (Å²) in [5.74, 6) is -2.13. The molecule has 0 fully saturated rings. The van der Waals surface area contributed by atoms with Crippen molar-refractivity contribution in [3.05, 3.63) is 0 Å². The fraction of sp³-hybridized carbons (Fsp3) is 0.786. The minimum absolute atomic E-state index is 0.101. The van der Waals surface area contributed by atoms with Crippen LogP contribution >= 0.6 is 0 Å². The zero-order valence-corrected chi connectivity index (χ0v) is 12.7. The zero-order valence-electron chi connectivity index (χ0n) is 12.7. The minimum Gasteiger partial charge on any atom is -0.465 e. The van der Waals surface area contributed by atoms with Crippen LogP contribution in [-0.2, 0) is 19.1 Å². The first-order chi connectivity index (χ1) is 8.76. The topological polar surface area (TPSA) is 65.0 Å². The van der Waals surface area contributed by atoms with Gasteiger partial charge in [0.2, 0.25) is 0 Å². The molecule has 5 heteroatoms. The van der Waals surface area contributed by atoms with E-state index in [9.17, 15) is 9.59 Å². The molecule has 0 bridgehead atoms. The van der Waals surface area contributed by atoms with Gasteiger partial charge in [-0.1, -0.05) is 13.8 Å². The van der Waals surface area contributed by atoms with Crippen LogP contribution in [0.1, 0.15) is 41.5 Å². The normalized spacial score (nSPS) is 12.2. The van der Waals surface area contributed by atoms with E-state index >= 15 is 0 Å². The van der Waals surface area contributed by atoms with E-state index in [-0.39, 0.29) is 19.3 Å². The molecule has 0 saturated carbocycles. The molecule has 0 aromatic carbocycles. The zero-order chi connectivity index (χ0) is 15.1. The predicted molar refractivity (Wildman–Crippen MR) is 74.2 cm³/mol. The van der Waals surface area contributed by atoms with Crippen LogP contribution in [-0.4, -0.2) is 37.4 Å². The second kappa shape index (κ2) is 7.92. The Labute approximate surface area is 115 Å². The van der Waals surface area contributed by atoms with E-state index in [0.29, 0.717) is 0 Å². The Balaban J connectivity index is 5.20. The maximum Gasteiger partial charge on any atom is 0.321 e. The number of aliphatic imine (C=N–C) groups is 1. The molecule has 0 aromatic heterocycles. The Hall–Kier alpha value is -1.39. The third kappa shape index (κ3) is 5.85. The molecule has 0 saturated heterocycles.